The summed E-state index contributed by atoms with van der Waals surface area (Å²) in [5, 5.41) is 5.68. The summed E-state index contributed by atoms with van der Waals surface area (Å²) in [5.41, 5.74) is 17.4. The Morgan fingerprint density at radius 3 is 2.00 bits per heavy atom. The summed E-state index contributed by atoms with van der Waals surface area (Å²) in [7, 11) is 0. The van der Waals surface area contributed by atoms with E-state index in [1.807, 2.05) is 42.5 Å². The van der Waals surface area contributed by atoms with Crippen LogP contribution in [0.2, 0.25) is 0 Å². The van der Waals surface area contributed by atoms with Crippen LogP contribution in [0.5, 0.6) is 0 Å². The van der Waals surface area contributed by atoms with Crippen molar-refractivity contribution in [1.29, 1.82) is 0 Å². The molecule has 3 aromatic carbocycles. The highest BCUT2D eigenvalue weighted by Crippen LogP contribution is 2.30. The Labute approximate surface area is 127 Å². The van der Waals surface area contributed by atoms with Gasteiger partial charge in [0.1, 0.15) is 0 Å². The maximum absolute atomic E-state index is 5.91. The van der Waals surface area contributed by atoms with Gasteiger partial charge in [-0.25, -0.2) is 0 Å². The van der Waals surface area contributed by atoms with Gasteiger partial charge in [-0.2, -0.15) is 0 Å². The Kier molecular flexibility index (Phi) is 2.69. The number of rotatable bonds is 2. The molecule has 4 rings (SSSR count). The van der Waals surface area contributed by atoms with Gasteiger partial charge >= 0.3 is 0 Å². The summed E-state index contributed by atoms with van der Waals surface area (Å²) in [6.07, 6.45) is 0. The van der Waals surface area contributed by atoms with E-state index in [1.54, 1.807) is 0 Å². The maximum Gasteiger partial charge on any atom is 0.0466 e. The number of aromatic amines is 1. The summed E-state index contributed by atoms with van der Waals surface area (Å²) in [6, 6.07) is 19.9. The van der Waals surface area contributed by atoms with Crippen molar-refractivity contribution in [2.24, 2.45) is 0 Å². The van der Waals surface area contributed by atoms with Crippen LogP contribution < -0.4 is 16.8 Å². The zero-order chi connectivity index (χ0) is 15.1. The predicted octanol–water partition coefficient (Wildman–Crippen LogP) is 4.23. The second-order valence-electron chi connectivity index (χ2n) is 5.44. The summed E-state index contributed by atoms with van der Waals surface area (Å²) in [4.78, 5) is 3.40. The number of anilines is 4. The van der Waals surface area contributed by atoms with Crippen LogP contribution in [-0.4, -0.2) is 4.98 Å². The third kappa shape index (κ3) is 2.11. The molecule has 22 heavy (non-hydrogen) atoms. The Hall–Kier alpha value is -3.14. The molecule has 0 aliphatic heterocycles. The monoisotopic (exact) mass is 288 g/mol. The summed E-state index contributed by atoms with van der Waals surface area (Å²) < 4.78 is 0. The van der Waals surface area contributed by atoms with E-state index < -0.39 is 0 Å². The highest BCUT2D eigenvalue weighted by atomic mass is 14.9. The highest BCUT2D eigenvalue weighted by Gasteiger charge is 2.05. The van der Waals surface area contributed by atoms with Gasteiger partial charge < -0.3 is 21.8 Å². The lowest BCUT2D eigenvalue weighted by Crippen LogP contribution is -1.91. The summed E-state index contributed by atoms with van der Waals surface area (Å²) in [6.45, 7) is 0. The second kappa shape index (κ2) is 4.70. The van der Waals surface area contributed by atoms with Crippen molar-refractivity contribution in [3.8, 4) is 0 Å². The molecular formula is C18H16N4. The van der Waals surface area contributed by atoms with Crippen molar-refractivity contribution in [1.82, 2.24) is 4.98 Å². The lowest BCUT2D eigenvalue weighted by molar-refractivity contribution is 1.53. The molecule has 0 aliphatic rings. The molecular weight excluding hydrogens is 272 g/mol. The molecule has 0 radical (unpaired) electrons. The summed E-state index contributed by atoms with van der Waals surface area (Å²) in [5.74, 6) is 0. The number of fused-ring (bicyclic) bond motifs is 3. The van der Waals surface area contributed by atoms with Gasteiger partial charge in [0.2, 0.25) is 0 Å². The van der Waals surface area contributed by atoms with Crippen molar-refractivity contribution in [3.63, 3.8) is 0 Å². The van der Waals surface area contributed by atoms with Crippen LogP contribution in [-0.2, 0) is 0 Å². The van der Waals surface area contributed by atoms with E-state index in [-0.39, 0.29) is 0 Å². The van der Waals surface area contributed by atoms with Crippen LogP contribution in [0, 0.1) is 0 Å². The third-order valence-electron chi connectivity index (χ3n) is 3.82. The first-order valence-corrected chi connectivity index (χ1v) is 7.12. The number of nitrogen functional groups attached to an aromatic ring is 2. The van der Waals surface area contributed by atoms with E-state index in [2.05, 4.69) is 28.5 Å². The van der Waals surface area contributed by atoms with Gasteiger partial charge in [0.15, 0.2) is 0 Å². The number of nitrogens with one attached hydrogen (secondary N) is 2. The van der Waals surface area contributed by atoms with E-state index in [0.29, 0.717) is 0 Å². The number of aromatic nitrogens is 1. The molecule has 0 saturated carbocycles. The van der Waals surface area contributed by atoms with E-state index >= 15 is 0 Å². The van der Waals surface area contributed by atoms with Crippen molar-refractivity contribution in [3.05, 3.63) is 60.7 Å². The van der Waals surface area contributed by atoms with Crippen LogP contribution in [0.1, 0.15) is 0 Å². The quantitative estimate of drug-likeness (QED) is 0.417. The van der Waals surface area contributed by atoms with Crippen molar-refractivity contribution in [2.45, 2.75) is 0 Å². The number of benzene rings is 3. The van der Waals surface area contributed by atoms with Gasteiger partial charge in [0.25, 0.3) is 0 Å². The van der Waals surface area contributed by atoms with Gasteiger partial charge in [-0.1, -0.05) is 0 Å². The first-order chi connectivity index (χ1) is 10.7. The van der Waals surface area contributed by atoms with Crippen LogP contribution in [0.25, 0.3) is 21.8 Å². The molecule has 0 fully saturated rings. The molecule has 0 unspecified atom stereocenters. The second-order valence-corrected chi connectivity index (χ2v) is 5.44. The Morgan fingerprint density at radius 2 is 1.23 bits per heavy atom. The van der Waals surface area contributed by atoms with Gasteiger partial charge in [-0.3, -0.25) is 0 Å². The molecule has 1 heterocycles. The number of hydrogen-bond donors (Lipinski definition) is 4. The first-order valence-electron chi connectivity index (χ1n) is 7.12. The van der Waals surface area contributed by atoms with Gasteiger partial charge in [-0.15, -0.1) is 0 Å². The SMILES string of the molecule is Nc1ccc(Nc2ccc3[nH]c4ccc(N)cc4c3c2)cc1. The van der Waals surface area contributed by atoms with Gasteiger partial charge in [-0.05, 0) is 60.7 Å². The van der Waals surface area contributed by atoms with Crippen molar-refractivity contribution >= 4 is 44.6 Å². The van der Waals surface area contributed by atoms with E-state index in [0.717, 1.165) is 44.6 Å². The average molecular weight is 288 g/mol. The van der Waals surface area contributed by atoms with Gasteiger partial charge in [0, 0.05) is 44.6 Å². The maximum atomic E-state index is 5.91. The molecule has 4 heteroatoms. The Bertz CT molecular complexity index is 968. The standard InChI is InChI=1S/C18H16N4/c19-11-1-4-13(5-2-11)21-14-6-8-18-16(10-14)15-9-12(20)3-7-17(15)22-18/h1-10,21-22H,19-20H2. The molecule has 0 amide bonds. The van der Waals surface area contributed by atoms with E-state index in [4.69, 9.17) is 11.5 Å². The molecule has 1 aromatic heterocycles. The first kappa shape index (κ1) is 12.6. The number of nitrogens with two attached hydrogens (primary N) is 2. The van der Waals surface area contributed by atoms with Crippen molar-refractivity contribution in [2.75, 3.05) is 16.8 Å². The van der Waals surface area contributed by atoms with Crippen LogP contribution in [0.4, 0.5) is 22.7 Å². The molecule has 4 nitrogen and oxygen atoms in total. The lowest BCUT2D eigenvalue weighted by atomic mass is 10.1. The minimum absolute atomic E-state index is 0.758. The molecule has 4 aromatic rings. The Morgan fingerprint density at radius 1 is 0.636 bits per heavy atom. The minimum atomic E-state index is 0.758. The largest absolute Gasteiger partial charge is 0.399 e. The summed E-state index contributed by atoms with van der Waals surface area (Å²) >= 11 is 0. The fourth-order valence-corrected chi connectivity index (χ4v) is 2.73. The molecule has 6 N–H and O–H groups in total. The highest BCUT2D eigenvalue weighted by molar-refractivity contribution is 6.09. The zero-order valence-corrected chi connectivity index (χ0v) is 11.9. The van der Waals surface area contributed by atoms with E-state index in [9.17, 15) is 0 Å². The van der Waals surface area contributed by atoms with Crippen LogP contribution >= 0.6 is 0 Å². The molecule has 0 spiro atoms. The fourth-order valence-electron chi connectivity index (χ4n) is 2.73. The van der Waals surface area contributed by atoms with Crippen LogP contribution in [0.15, 0.2) is 60.7 Å². The predicted molar refractivity (Wildman–Crippen MR) is 94.4 cm³/mol. The van der Waals surface area contributed by atoms with Crippen molar-refractivity contribution < 1.29 is 0 Å². The third-order valence-corrected chi connectivity index (χ3v) is 3.82. The number of hydrogen-bond acceptors (Lipinski definition) is 3. The van der Waals surface area contributed by atoms with Gasteiger partial charge in [0.05, 0.1) is 0 Å². The molecule has 0 saturated heterocycles. The molecule has 108 valence electrons. The Balaban J connectivity index is 1.80. The zero-order valence-electron chi connectivity index (χ0n) is 11.9. The minimum Gasteiger partial charge on any atom is -0.399 e. The topological polar surface area (TPSA) is 79.9 Å². The van der Waals surface area contributed by atoms with Crippen LogP contribution in [0.3, 0.4) is 0 Å². The normalized spacial score (nSPS) is 11.1. The van der Waals surface area contributed by atoms with E-state index in [1.165, 1.54) is 0 Å². The smallest absolute Gasteiger partial charge is 0.0466 e. The lowest BCUT2D eigenvalue weighted by Gasteiger charge is -2.07. The fraction of sp³-hybridized carbons (Fsp3) is 0. The molecule has 0 atom stereocenters. The molecule has 0 bridgehead atoms. The molecule has 0 aliphatic carbocycles. The number of H-pyrrole nitrogens is 1. The average Bonchev–Trinajstić information content (AvgIpc) is 2.87.